The zero-order valence-corrected chi connectivity index (χ0v) is 9.37. The van der Waals surface area contributed by atoms with Crippen LogP contribution in [0.3, 0.4) is 0 Å². The third-order valence-electron chi connectivity index (χ3n) is 0.671. The van der Waals surface area contributed by atoms with E-state index in [1.54, 1.807) is 11.8 Å². The van der Waals surface area contributed by atoms with Crippen LogP contribution in [0.4, 0.5) is 0 Å². The van der Waals surface area contributed by atoms with E-state index >= 15 is 0 Å². The lowest BCUT2D eigenvalue weighted by Crippen LogP contribution is -2.12. The van der Waals surface area contributed by atoms with Crippen molar-refractivity contribution >= 4 is 39.8 Å². The molecule has 0 heterocycles. The van der Waals surface area contributed by atoms with Crippen molar-refractivity contribution in [2.75, 3.05) is 12.5 Å². The number of hydrogen-bond donors (Lipinski definition) is 2. The number of carbonyl (C=O) groups excluding carboxylic acids is 1. The van der Waals surface area contributed by atoms with E-state index in [0.29, 0.717) is 0 Å². The molecule has 0 unspecified atom stereocenters. The van der Waals surface area contributed by atoms with Crippen molar-refractivity contribution in [3.05, 3.63) is 0 Å². The monoisotopic (exact) mass is 257 g/mol. The molecule has 0 saturated heterocycles. The van der Waals surface area contributed by atoms with Crippen LogP contribution >= 0.6 is 27.9 Å². The molecule has 0 aliphatic carbocycles. The maximum atomic E-state index is 10.3. The Morgan fingerprint density at radius 1 is 1.42 bits per heavy atom. The number of halogens is 1. The summed E-state index contributed by atoms with van der Waals surface area (Å²) in [6, 6.07) is 0. The van der Waals surface area contributed by atoms with Gasteiger partial charge in [0.05, 0.1) is 6.42 Å². The van der Waals surface area contributed by atoms with Gasteiger partial charge in [0.15, 0.2) is 0 Å². The number of hydrogen-bond acceptors (Lipinski definition) is 3. The summed E-state index contributed by atoms with van der Waals surface area (Å²) in [6.07, 6.45) is 3.97. The highest BCUT2D eigenvalue weighted by atomic mass is 79.9. The Morgan fingerprint density at radius 2 is 1.83 bits per heavy atom. The molecular formula is C6H12BrNO3S. The van der Waals surface area contributed by atoms with Gasteiger partial charge in [-0.15, -0.1) is 0 Å². The number of carboxylic acids is 1. The maximum absolute atomic E-state index is 10.3. The van der Waals surface area contributed by atoms with Crippen LogP contribution in [-0.4, -0.2) is 29.5 Å². The lowest BCUT2D eigenvalue weighted by Gasteiger charge is -1.91. The highest BCUT2D eigenvalue weighted by molar-refractivity contribution is 9.08. The average Bonchev–Trinajstić information content (AvgIpc) is 2.01. The molecule has 0 spiro atoms. The Kier molecular flexibility index (Phi) is 12.8. The SMILES string of the molecule is CSC.O=C(O)CCC(=O)NBr. The quantitative estimate of drug-likeness (QED) is 0.748. The fourth-order valence-electron chi connectivity index (χ4n) is 0.268. The average molecular weight is 258 g/mol. The number of carboxylic acid groups (broad SMARTS) is 1. The zero-order valence-electron chi connectivity index (χ0n) is 6.96. The molecule has 12 heavy (non-hydrogen) atoms. The van der Waals surface area contributed by atoms with Crippen molar-refractivity contribution in [1.82, 2.24) is 4.34 Å². The lowest BCUT2D eigenvalue weighted by atomic mass is 10.3. The summed E-state index contributed by atoms with van der Waals surface area (Å²) in [5, 5.41) is 8.06. The zero-order chi connectivity index (χ0) is 9.98. The fraction of sp³-hybridized carbons (Fsp3) is 0.667. The Bertz CT molecular complexity index is 143. The van der Waals surface area contributed by atoms with Crippen molar-refractivity contribution in [3.8, 4) is 0 Å². The Labute approximate surface area is 84.4 Å². The van der Waals surface area contributed by atoms with Gasteiger partial charge in [-0.05, 0) is 12.5 Å². The summed E-state index contributed by atoms with van der Waals surface area (Å²) < 4.78 is 2.13. The van der Waals surface area contributed by atoms with Crippen molar-refractivity contribution in [3.63, 3.8) is 0 Å². The molecule has 0 rings (SSSR count). The second-order valence-corrected chi connectivity index (χ2v) is 3.03. The van der Waals surface area contributed by atoms with E-state index in [1.807, 2.05) is 12.5 Å². The van der Waals surface area contributed by atoms with E-state index in [-0.39, 0.29) is 18.7 Å². The number of rotatable bonds is 3. The standard InChI is InChI=1S/C4H6BrNO3.C2H6S/c5-6-3(7)1-2-4(8)9;1-3-2/h1-2H2,(H,6,7)(H,8,9);1-2H3. The molecule has 0 bridgehead atoms. The molecule has 0 aliphatic heterocycles. The molecule has 2 N–H and O–H groups in total. The van der Waals surface area contributed by atoms with Gasteiger partial charge in [0.1, 0.15) is 0 Å². The van der Waals surface area contributed by atoms with Gasteiger partial charge in [0, 0.05) is 22.6 Å². The van der Waals surface area contributed by atoms with Crippen LogP contribution in [0.2, 0.25) is 0 Å². The minimum Gasteiger partial charge on any atom is -0.481 e. The molecule has 4 nitrogen and oxygen atoms in total. The first kappa shape index (κ1) is 14.3. The van der Waals surface area contributed by atoms with Crippen molar-refractivity contribution in [1.29, 1.82) is 0 Å². The van der Waals surface area contributed by atoms with Crippen molar-refractivity contribution < 1.29 is 14.7 Å². The minimum atomic E-state index is -0.967. The predicted molar refractivity (Wildman–Crippen MR) is 53.4 cm³/mol. The Balaban J connectivity index is 0. The fourth-order valence-corrected chi connectivity index (χ4v) is 0.466. The van der Waals surface area contributed by atoms with Crippen LogP contribution in [0, 0.1) is 0 Å². The second kappa shape index (κ2) is 10.8. The smallest absolute Gasteiger partial charge is 0.303 e. The van der Waals surface area contributed by atoms with Crippen LogP contribution in [-0.2, 0) is 9.59 Å². The van der Waals surface area contributed by atoms with Gasteiger partial charge >= 0.3 is 5.97 Å². The Hall–Kier alpha value is -0.230. The molecule has 0 radical (unpaired) electrons. The second-order valence-electron chi connectivity index (χ2n) is 1.82. The molecular weight excluding hydrogens is 246 g/mol. The van der Waals surface area contributed by atoms with Gasteiger partial charge in [-0.25, -0.2) is 0 Å². The number of carbonyl (C=O) groups is 2. The van der Waals surface area contributed by atoms with Crippen LogP contribution in [0.15, 0.2) is 0 Å². The minimum absolute atomic E-state index is 0.0145. The van der Waals surface area contributed by atoms with E-state index in [4.69, 9.17) is 5.11 Å². The van der Waals surface area contributed by atoms with Crippen LogP contribution in [0.25, 0.3) is 0 Å². The maximum Gasteiger partial charge on any atom is 0.303 e. The topological polar surface area (TPSA) is 66.4 Å². The summed E-state index contributed by atoms with van der Waals surface area (Å²) >= 11 is 4.42. The van der Waals surface area contributed by atoms with Gasteiger partial charge in [-0.2, -0.15) is 11.8 Å². The Morgan fingerprint density at radius 3 is 2.08 bits per heavy atom. The normalized spacial score (nSPS) is 7.92. The molecule has 0 aromatic rings. The summed E-state index contributed by atoms with van der Waals surface area (Å²) in [5.74, 6) is -1.29. The molecule has 72 valence electrons. The third kappa shape index (κ3) is 16.4. The molecule has 6 heteroatoms. The summed E-state index contributed by atoms with van der Waals surface area (Å²) in [4.78, 5) is 20.1. The molecule has 0 fully saturated rings. The molecule has 0 aromatic heterocycles. The number of nitrogens with one attached hydrogen (secondary N) is 1. The van der Waals surface area contributed by atoms with E-state index in [0.717, 1.165) is 0 Å². The van der Waals surface area contributed by atoms with Gasteiger partial charge < -0.3 is 5.11 Å². The van der Waals surface area contributed by atoms with E-state index < -0.39 is 5.97 Å². The van der Waals surface area contributed by atoms with Crippen LogP contribution < -0.4 is 4.34 Å². The number of amides is 1. The largest absolute Gasteiger partial charge is 0.481 e. The lowest BCUT2D eigenvalue weighted by molar-refractivity contribution is -0.138. The van der Waals surface area contributed by atoms with E-state index in [2.05, 4.69) is 20.5 Å². The summed E-state index contributed by atoms with van der Waals surface area (Å²) in [7, 11) is 0. The number of aliphatic carboxylic acids is 1. The first-order valence-electron chi connectivity index (χ1n) is 3.09. The first-order valence-corrected chi connectivity index (χ1v) is 5.52. The third-order valence-corrected chi connectivity index (χ3v) is 1.11. The predicted octanol–water partition coefficient (Wildman–Crippen LogP) is 1.26. The molecule has 1 amide bonds. The molecule has 0 aliphatic rings. The van der Waals surface area contributed by atoms with E-state index in [9.17, 15) is 9.59 Å². The molecule has 0 saturated carbocycles. The summed E-state index contributed by atoms with van der Waals surface area (Å²) in [5.41, 5.74) is 0. The van der Waals surface area contributed by atoms with Crippen LogP contribution in [0.5, 0.6) is 0 Å². The highest BCUT2D eigenvalue weighted by Gasteiger charge is 2.01. The van der Waals surface area contributed by atoms with E-state index in [1.165, 1.54) is 0 Å². The van der Waals surface area contributed by atoms with Crippen molar-refractivity contribution in [2.24, 2.45) is 0 Å². The van der Waals surface area contributed by atoms with Gasteiger partial charge in [-0.1, -0.05) is 0 Å². The molecule has 0 atom stereocenters. The molecule has 0 aromatic carbocycles. The van der Waals surface area contributed by atoms with Gasteiger partial charge in [0.25, 0.3) is 0 Å². The van der Waals surface area contributed by atoms with Gasteiger partial charge in [-0.3, -0.25) is 13.9 Å². The summed E-state index contributed by atoms with van der Waals surface area (Å²) in [6.45, 7) is 0. The highest BCUT2D eigenvalue weighted by Crippen LogP contribution is 1.88. The van der Waals surface area contributed by atoms with Crippen molar-refractivity contribution in [2.45, 2.75) is 12.8 Å². The first-order chi connectivity index (χ1) is 5.58. The number of thioether (sulfide) groups is 1. The van der Waals surface area contributed by atoms with Crippen LogP contribution in [0.1, 0.15) is 12.8 Å². The van der Waals surface area contributed by atoms with Gasteiger partial charge in [0.2, 0.25) is 5.91 Å².